The average Bonchev–Trinajstić information content (AvgIpc) is 2.44. The van der Waals surface area contributed by atoms with Gasteiger partial charge in [0.1, 0.15) is 0 Å². The molecule has 1 aliphatic heterocycles. The molecule has 2 fully saturated rings. The van der Waals surface area contributed by atoms with Crippen LogP contribution in [0, 0.1) is 11.8 Å². The number of carbonyl (C=O) groups is 1. The van der Waals surface area contributed by atoms with Gasteiger partial charge < -0.3 is 10.6 Å². The molecule has 116 valence electrons. The summed E-state index contributed by atoms with van der Waals surface area (Å²) >= 11 is 0. The molecule has 2 aliphatic rings. The molecular formula is C17H32N2O. The predicted molar refractivity (Wildman–Crippen MR) is 83.4 cm³/mol. The van der Waals surface area contributed by atoms with Crippen molar-refractivity contribution in [1.29, 1.82) is 0 Å². The third-order valence-corrected chi connectivity index (χ3v) is 5.05. The molecule has 1 saturated heterocycles. The van der Waals surface area contributed by atoms with Crippen molar-refractivity contribution in [2.75, 3.05) is 6.54 Å². The lowest BCUT2D eigenvalue weighted by atomic mass is 9.84. The third-order valence-electron chi connectivity index (χ3n) is 5.05. The number of nitrogens with zero attached hydrogens (tertiary/aromatic N) is 1. The van der Waals surface area contributed by atoms with Gasteiger partial charge in [-0.05, 0) is 57.3 Å². The monoisotopic (exact) mass is 280 g/mol. The van der Waals surface area contributed by atoms with Crippen LogP contribution in [-0.2, 0) is 4.79 Å². The molecule has 3 unspecified atom stereocenters. The van der Waals surface area contributed by atoms with Crippen LogP contribution in [0.2, 0.25) is 0 Å². The van der Waals surface area contributed by atoms with E-state index in [2.05, 4.69) is 18.7 Å². The normalized spacial score (nSPS) is 31.6. The number of carbonyl (C=O) groups excluding carboxylic acids is 1. The fourth-order valence-electron chi connectivity index (χ4n) is 3.80. The van der Waals surface area contributed by atoms with Gasteiger partial charge in [-0.2, -0.15) is 0 Å². The number of hydrogen-bond acceptors (Lipinski definition) is 2. The lowest BCUT2D eigenvalue weighted by molar-refractivity contribution is -0.140. The summed E-state index contributed by atoms with van der Waals surface area (Å²) in [6.07, 6.45) is 10.3. The highest BCUT2D eigenvalue weighted by atomic mass is 16.2. The van der Waals surface area contributed by atoms with Gasteiger partial charge in [0.05, 0.1) is 0 Å². The molecule has 2 N–H and O–H groups in total. The molecule has 20 heavy (non-hydrogen) atoms. The van der Waals surface area contributed by atoms with E-state index >= 15 is 0 Å². The van der Waals surface area contributed by atoms with E-state index in [1.807, 2.05) is 0 Å². The van der Waals surface area contributed by atoms with E-state index in [1.165, 1.54) is 32.1 Å². The summed E-state index contributed by atoms with van der Waals surface area (Å²) in [5, 5.41) is 0. The van der Waals surface area contributed by atoms with E-state index in [9.17, 15) is 4.79 Å². The van der Waals surface area contributed by atoms with Crippen LogP contribution in [0.3, 0.4) is 0 Å². The molecule has 0 aromatic carbocycles. The molecule has 0 aromatic heterocycles. The van der Waals surface area contributed by atoms with Gasteiger partial charge in [-0.3, -0.25) is 4.79 Å². The highest BCUT2D eigenvalue weighted by molar-refractivity contribution is 5.79. The van der Waals surface area contributed by atoms with Crippen LogP contribution in [0.1, 0.15) is 71.6 Å². The molecular weight excluding hydrogens is 248 g/mol. The SMILES string of the molecule is CC(C)CCC1CCCCN1C(=O)C1CCCC(N)C1. The highest BCUT2D eigenvalue weighted by Crippen LogP contribution is 2.29. The second-order valence-electron chi connectivity index (χ2n) is 7.28. The van der Waals surface area contributed by atoms with Gasteiger partial charge in [-0.1, -0.05) is 20.3 Å². The minimum absolute atomic E-state index is 0.207. The Hall–Kier alpha value is -0.570. The van der Waals surface area contributed by atoms with Crippen LogP contribution in [0.5, 0.6) is 0 Å². The van der Waals surface area contributed by atoms with E-state index in [4.69, 9.17) is 5.73 Å². The number of likely N-dealkylation sites (tertiary alicyclic amines) is 1. The summed E-state index contributed by atoms with van der Waals surface area (Å²) in [4.78, 5) is 15.0. The molecule has 3 nitrogen and oxygen atoms in total. The Balaban J connectivity index is 1.93. The predicted octanol–water partition coefficient (Wildman–Crippen LogP) is 3.32. The van der Waals surface area contributed by atoms with Crippen LogP contribution < -0.4 is 5.73 Å². The summed E-state index contributed by atoms with van der Waals surface area (Å²) in [5.74, 6) is 1.35. The largest absolute Gasteiger partial charge is 0.339 e. The Morgan fingerprint density at radius 2 is 2.00 bits per heavy atom. The maximum atomic E-state index is 12.8. The summed E-state index contributed by atoms with van der Waals surface area (Å²) in [5.41, 5.74) is 6.05. The molecule has 0 bridgehead atoms. The summed E-state index contributed by atoms with van der Waals surface area (Å²) in [7, 11) is 0. The van der Waals surface area contributed by atoms with E-state index in [-0.39, 0.29) is 12.0 Å². The Bertz CT molecular complexity index is 316. The highest BCUT2D eigenvalue weighted by Gasteiger charge is 2.33. The Morgan fingerprint density at radius 1 is 1.20 bits per heavy atom. The first-order valence-corrected chi connectivity index (χ1v) is 8.64. The van der Waals surface area contributed by atoms with Gasteiger partial charge in [0, 0.05) is 24.5 Å². The minimum atomic E-state index is 0.207. The first-order chi connectivity index (χ1) is 9.58. The van der Waals surface area contributed by atoms with E-state index in [1.54, 1.807) is 0 Å². The number of hydrogen-bond donors (Lipinski definition) is 1. The maximum Gasteiger partial charge on any atom is 0.225 e. The van der Waals surface area contributed by atoms with Gasteiger partial charge in [-0.15, -0.1) is 0 Å². The van der Waals surface area contributed by atoms with Gasteiger partial charge in [0.15, 0.2) is 0 Å². The van der Waals surface area contributed by atoms with Crippen molar-refractivity contribution < 1.29 is 4.79 Å². The quantitative estimate of drug-likeness (QED) is 0.858. The zero-order chi connectivity index (χ0) is 14.5. The van der Waals surface area contributed by atoms with Crippen LogP contribution >= 0.6 is 0 Å². The molecule has 1 heterocycles. The maximum absolute atomic E-state index is 12.8. The third kappa shape index (κ3) is 4.21. The van der Waals surface area contributed by atoms with Gasteiger partial charge in [-0.25, -0.2) is 0 Å². The second kappa shape index (κ2) is 7.44. The topological polar surface area (TPSA) is 46.3 Å². The Kier molecular flexibility index (Phi) is 5.88. The van der Waals surface area contributed by atoms with E-state index in [0.717, 1.165) is 38.1 Å². The number of piperidine rings is 1. The number of nitrogens with two attached hydrogens (primary N) is 1. The lowest BCUT2D eigenvalue weighted by Crippen LogP contribution is -2.48. The first kappa shape index (κ1) is 15.8. The fourth-order valence-corrected chi connectivity index (χ4v) is 3.80. The van der Waals surface area contributed by atoms with Crippen molar-refractivity contribution in [3.8, 4) is 0 Å². The molecule has 0 radical (unpaired) electrons. The van der Waals surface area contributed by atoms with Gasteiger partial charge in [0.2, 0.25) is 5.91 Å². The van der Waals surface area contributed by atoms with Crippen molar-refractivity contribution in [2.45, 2.75) is 83.7 Å². The van der Waals surface area contributed by atoms with Gasteiger partial charge in [0.25, 0.3) is 0 Å². The molecule has 3 heteroatoms. The summed E-state index contributed by atoms with van der Waals surface area (Å²) in [6.45, 7) is 5.53. The summed E-state index contributed by atoms with van der Waals surface area (Å²) in [6, 6.07) is 0.744. The molecule has 1 aliphatic carbocycles. The minimum Gasteiger partial charge on any atom is -0.339 e. The average molecular weight is 280 g/mol. The standard InChI is InChI=1S/C17H32N2O/c1-13(2)9-10-16-8-3-4-11-19(16)17(20)14-6-5-7-15(18)12-14/h13-16H,3-12,18H2,1-2H3. The van der Waals surface area contributed by atoms with Crippen molar-refractivity contribution in [1.82, 2.24) is 4.90 Å². The first-order valence-electron chi connectivity index (χ1n) is 8.64. The van der Waals surface area contributed by atoms with Crippen molar-refractivity contribution in [3.63, 3.8) is 0 Å². The fraction of sp³-hybridized carbons (Fsp3) is 0.941. The molecule has 1 saturated carbocycles. The lowest BCUT2D eigenvalue weighted by Gasteiger charge is -2.39. The molecule has 2 rings (SSSR count). The second-order valence-corrected chi connectivity index (χ2v) is 7.28. The number of amides is 1. The van der Waals surface area contributed by atoms with Crippen molar-refractivity contribution >= 4 is 5.91 Å². The smallest absolute Gasteiger partial charge is 0.225 e. The molecule has 3 atom stereocenters. The number of rotatable bonds is 4. The van der Waals surface area contributed by atoms with Crippen molar-refractivity contribution in [2.24, 2.45) is 17.6 Å². The zero-order valence-electron chi connectivity index (χ0n) is 13.3. The Labute approximate surface area is 124 Å². The zero-order valence-corrected chi connectivity index (χ0v) is 13.3. The van der Waals surface area contributed by atoms with Crippen molar-refractivity contribution in [3.05, 3.63) is 0 Å². The van der Waals surface area contributed by atoms with Gasteiger partial charge >= 0.3 is 0 Å². The van der Waals surface area contributed by atoms with Crippen LogP contribution in [0.4, 0.5) is 0 Å². The van der Waals surface area contributed by atoms with Crippen LogP contribution in [0.15, 0.2) is 0 Å². The molecule has 0 aromatic rings. The van der Waals surface area contributed by atoms with Crippen LogP contribution in [-0.4, -0.2) is 29.4 Å². The molecule has 0 spiro atoms. The Morgan fingerprint density at radius 3 is 2.70 bits per heavy atom. The van der Waals surface area contributed by atoms with Crippen LogP contribution in [0.25, 0.3) is 0 Å². The van der Waals surface area contributed by atoms with E-state index in [0.29, 0.717) is 11.9 Å². The van der Waals surface area contributed by atoms with E-state index < -0.39 is 0 Å². The summed E-state index contributed by atoms with van der Waals surface area (Å²) < 4.78 is 0. The molecule has 1 amide bonds.